The van der Waals surface area contributed by atoms with Crippen LogP contribution >= 0.6 is 0 Å². The van der Waals surface area contributed by atoms with E-state index in [1.807, 2.05) is 18.2 Å². The predicted molar refractivity (Wildman–Crippen MR) is 110 cm³/mol. The number of ether oxygens (including phenoxy) is 1. The lowest BCUT2D eigenvalue weighted by Gasteiger charge is -2.40. The second kappa shape index (κ2) is 8.93. The van der Waals surface area contributed by atoms with Crippen molar-refractivity contribution in [2.45, 2.75) is 25.4 Å². The van der Waals surface area contributed by atoms with Crippen LogP contribution in [0.5, 0.6) is 5.75 Å². The summed E-state index contributed by atoms with van der Waals surface area (Å²) in [7, 11) is 1.73. The molecule has 0 radical (unpaired) electrons. The minimum Gasteiger partial charge on any atom is -0.497 e. The summed E-state index contributed by atoms with van der Waals surface area (Å²) >= 11 is 0. The van der Waals surface area contributed by atoms with Crippen molar-refractivity contribution in [2.24, 2.45) is 0 Å². The summed E-state index contributed by atoms with van der Waals surface area (Å²) in [5, 5.41) is 0. The molecule has 5 heteroatoms. The number of para-hydroxylation sites is 1. The predicted octanol–water partition coefficient (Wildman–Crippen LogP) is 0.787. The third kappa shape index (κ3) is 4.47. The van der Waals surface area contributed by atoms with E-state index in [2.05, 4.69) is 23.1 Å². The lowest BCUT2D eigenvalue weighted by molar-refractivity contribution is -0.963. The number of anilines is 1. The van der Waals surface area contributed by atoms with E-state index in [1.54, 1.807) is 29.0 Å². The number of likely N-dealkylation sites (tertiary alicyclic amines) is 1. The summed E-state index contributed by atoms with van der Waals surface area (Å²) in [5.41, 5.74) is 2.12. The minimum atomic E-state index is -0.0969. The normalized spacial score (nSPS) is 23.6. The number of halogens is 1. The van der Waals surface area contributed by atoms with Crippen molar-refractivity contribution in [1.82, 2.24) is 0 Å². The molecule has 0 aromatic heterocycles. The molecule has 2 saturated heterocycles. The van der Waals surface area contributed by atoms with Crippen LogP contribution in [0.4, 0.5) is 10.1 Å². The third-order valence-electron chi connectivity index (χ3n) is 6.46. The number of piperazine rings is 1. The first-order chi connectivity index (χ1) is 13.7. The Morgan fingerprint density at radius 2 is 1.75 bits per heavy atom. The zero-order chi connectivity index (χ0) is 19.3. The maximum Gasteiger partial charge on any atom is 0.146 e. The zero-order valence-corrected chi connectivity index (χ0v) is 16.8. The lowest BCUT2D eigenvalue weighted by atomic mass is 10.0. The average molecular weight is 386 g/mol. The molecule has 2 aliphatic rings. The Morgan fingerprint density at radius 1 is 1.00 bits per heavy atom. The van der Waals surface area contributed by atoms with Gasteiger partial charge in [0.15, 0.2) is 0 Å². The summed E-state index contributed by atoms with van der Waals surface area (Å²) in [4.78, 5) is 5.60. The van der Waals surface area contributed by atoms with Crippen LogP contribution in [0.3, 0.4) is 0 Å². The zero-order valence-electron chi connectivity index (χ0n) is 16.8. The van der Waals surface area contributed by atoms with Crippen molar-refractivity contribution in [3.8, 4) is 5.75 Å². The molecule has 4 rings (SSSR count). The third-order valence-corrected chi connectivity index (χ3v) is 6.46. The fourth-order valence-corrected chi connectivity index (χ4v) is 4.83. The number of methoxy groups -OCH3 is 1. The van der Waals surface area contributed by atoms with Crippen molar-refractivity contribution in [2.75, 3.05) is 51.3 Å². The van der Waals surface area contributed by atoms with E-state index in [-0.39, 0.29) is 5.82 Å². The first-order valence-corrected chi connectivity index (χ1v) is 10.5. The molecular weight excluding hydrogens is 353 g/mol. The summed E-state index contributed by atoms with van der Waals surface area (Å²) in [6.07, 6.45) is 2.57. The average Bonchev–Trinajstić information content (AvgIpc) is 2.75. The first kappa shape index (κ1) is 19.2. The van der Waals surface area contributed by atoms with Crippen molar-refractivity contribution < 1.29 is 18.9 Å². The number of quaternary nitrogens is 2. The topological polar surface area (TPSA) is 21.4 Å². The fourth-order valence-electron chi connectivity index (χ4n) is 4.83. The molecule has 150 valence electrons. The van der Waals surface area contributed by atoms with E-state index < -0.39 is 0 Å². The smallest absolute Gasteiger partial charge is 0.146 e. The van der Waals surface area contributed by atoms with Gasteiger partial charge < -0.3 is 19.4 Å². The van der Waals surface area contributed by atoms with E-state index in [4.69, 9.17) is 4.74 Å². The number of benzene rings is 2. The van der Waals surface area contributed by atoms with Crippen molar-refractivity contribution in [1.29, 1.82) is 0 Å². The lowest BCUT2D eigenvalue weighted by Crippen LogP contribution is -3.21. The standard InChI is InChI=1S/C23H30FN3O/c1-28-21-6-4-5-19(17-21)18-25-11-9-20(10-12-25)26-13-15-27(16-14-26)23-8-3-2-7-22(23)24/h2-8,17,20H,9-16,18H2,1H3/p+2. The SMILES string of the molecule is COc1cccc(C[NH+]2CCC([NH+]3CCN(c4ccccc4F)CC3)CC2)c1. The van der Waals surface area contributed by atoms with Gasteiger partial charge in [-0.1, -0.05) is 24.3 Å². The molecule has 0 unspecified atom stereocenters. The largest absolute Gasteiger partial charge is 0.497 e. The number of piperidine rings is 1. The Kier molecular flexibility index (Phi) is 6.13. The van der Waals surface area contributed by atoms with Gasteiger partial charge in [0.05, 0.1) is 58.1 Å². The summed E-state index contributed by atoms with van der Waals surface area (Å²) in [6.45, 7) is 7.69. The van der Waals surface area contributed by atoms with Gasteiger partial charge in [0.2, 0.25) is 0 Å². The Bertz CT molecular complexity index is 768. The number of nitrogens with zero attached hydrogens (tertiary/aromatic N) is 1. The highest BCUT2D eigenvalue weighted by molar-refractivity contribution is 5.47. The molecule has 28 heavy (non-hydrogen) atoms. The van der Waals surface area contributed by atoms with Crippen LogP contribution in [0.2, 0.25) is 0 Å². The highest BCUT2D eigenvalue weighted by Gasteiger charge is 2.32. The number of hydrogen-bond acceptors (Lipinski definition) is 2. The molecule has 2 fully saturated rings. The van der Waals surface area contributed by atoms with Crippen molar-refractivity contribution in [3.63, 3.8) is 0 Å². The first-order valence-electron chi connectivity index (χ1n) is 10.5. The molecule has 2 aliphatic heterocycles. The summed E-state index contributed by atoms with van der Waals surface area (Å²) in [6, 6.07) is 16.4. The maximum atomic E-state index is 14.0. The van der Waals surface area contributed by atoms with E-state index in [0.29, 0.717) is 0 Å². The van der Waals surface area contributed by atoms with Gasteiger partial charge in [-0.05, 0) is 24.3 Å². The Labute approximate surface area is 167 Å². The van der Waals surface area contributed by atoms with Crippen LogP contribution in [0, 0.1) is 5.82 Å². The second-order valence-electron chi connectivity index (χ2n) is 8.15. The highest BCUT2D eigenvalue weighted by atomic mass is 19.1. The van der Waals surface area contributed by atoms with Crippen LogP contribution in [-0.4, -0.2) is 52.4 Å². The molecule has 4 nitrogen and oxygen atoms in total. The molecule has 2 N–H and O–H groups in total. The number of hydrogen-bond donors (Lipinski definition) is 2. The van der Waals surface area contributed by atoms with Crippen LogP contribution in [0.1, 0.15) is 18.4 Å². The van der Waals surface area contributed by atoms with E-state index in [0.717, 1.165) is 50.2 Å². The van der Waals surface area contributed by atoms with Gasteiger partial charge in [-0.25, -0.2) is 4.39 Å². The fraction of sp³-hybridized carbons (Fsp3) is 0.478. The van der Waals surface area contributed by atoms with Gasteiger partial charge in [-0.3, -0.25) is 0 Å². The summed E-state index contributed by atoms with van der Waals surface area (Å²) < 4.78 is 19.4. The second-order valence-corrected chi connectivity index (χ2v) is 8.15. The molecule has 0 atom stereocenters. The summed E-state index contributed by atoms with van der Waals surface area (Å²) in [5.74, 6) is 0.851. The quantitative estimate of drug-likeness (QED) is 0.794. The number of rotatable bonds is 5. The molecule has 2 heterocycles. The molecule has 0 aliphatic carbocycles. The van der Waals surface area contributed by atoms with Crippen molar-refractivity contribution in [3.05, 3.63) is 59.9 Å². The molecule has 0 bridgehead atoms. The van der Waals surface area contributed by atoms with Crippen molar-refractivity contribution >= 4 is 5.69 Å². The van der Waals surface area contributed by atoms with Gasteiger partial charge in [-0.2, -0.15) is 0 Å². The van der Waals surface area contributed by atoms with Crippen LogP contribution in [-0.2, 0) is 6.54 Å². The highest BCUT2D eigenvalue weighted by Crippen LogP contribution is 2.18. The monoisotopic (exact) mass is 385 g/mol. The molecule has 2 aromatic carbocycles. The Balaban J connectivity index is 1.25. The van der Waals surface area contributed by atoms with E-state index in [1.165, 1.54) is 31.5 Å². The van der Waals surface area contributed by atoms with Gasteiger partial charge in [0.25, 0.3) is 0 Å². The molecule has 2 aromatic rings. The molecule has 0 saturated carbocycles. The van der Waals surface area contributed by atoms with Crippen LogP contribution < -0.4 is 19.4 Å². The van der Waals surface area contributed by atoms with Gasteiger partial charge in [0.1, 0.15) is 18.1 Å². The van der Waals surface area contributed by atoms with Gasteiger partial charge in [0, 0.05) is 18.4 Å². The van der Waals surface area contributed by atoms with Gasteiger partial charge >= 0.3 is 0 Å². The number of nitrogens with one attached hydrogen (secondary N) is 2. The van der Waals surface area contributed by atoms with Gasteiger partial charge in [-0.15, -0.1) is 0 Å². The van der Waals surface area contributed by atoms with E-state index in [9.17, 15) is 4.39 Å². The molecule has 0 spiro atoms. The molecular formula is C23H32FN3O+2. The van der Waals surface area contributed by atoms with E-state index >= 15 is 0 Å². The minimum absolute atomic E-state index is 0.0969. The Hall–Kier alpha value is -2.11. The van der Waals surface area contributed by atoms with Crippen LogP contribution in [0.15, 0.2) is 48.5 Å². The molecule has 0 amide bonds. The Morgan fingerprint density at radius 3 is 2.46 bits per heavy atom. The maximum absolute atomic E-state index is 14.0. The van der Waals surface area contributed by atoms with Crippen LogP contribution in [0.25, 0.3) is 0 Å².